The molecule has 2 amide bonds. The van der Waals surface area contributed by atoms with Crippen molar-refractivity contribution in [2.45, 2.75) is 171 Å². The van der Waals surface area contributed by atoms with E-state index >= 15 is 0 Å². The Labute approximate surface area is 350 Å². The van der Waals surface area contributed by atoms with Crippen LogP contribution in [0.4, 0.5) is 0 Å². The second kappa shape index (κ2) is 19.1. The first-order valence-corrected chi connectivity index (χ1v) is 24.4. The minimum atomic E-state index is -0.294. The van der Waals surface area contributed by atoms with E-state index < -0.39 is 0 Å². The smallest absolute Gasteiger partial charge is 0.263 e. The summed E-state index contributed by atoms with van der Waals surface area (Å²) in [6, 6.07) is 4.61. The molecule has 3 aromatic heterocycles. The van der Waals surface area contributed by atoms with Crippen LogP contribution in [0.25, 0.3) is 29.9 Å². The monoisotopic (exact) mass is 821 g/mol. The number of unbranched alkanes of at least 4 members (excludes halogenated alkanes) is 3. The third-order valence-corrected chi connectivity index (χ3v) is 16.3. The standard InChI is InChI=1S/C48H71NO4S3/c1-13-19-22-30(16-4)27-49-45(50)37-38(46(49)51)44(48(10,11)12)56-43(37)35-25-33-39(52-28-31(17-5)23-20-14-2)42-34(26-36(55-42)47(7,8)9)40(41(33)54-35)53-29-32(18-6)24-21-15-3/h25-26,30-32H,13-24,27-29H2,1-12H3. The molecule has 0 N–H and O–H groups in total. The Kier molecular flexibility index (Phi) is 15.2. The molecule has 0 radical (unpaired) electrons. The van der Waals surface area contributed by atoms with E-state index in [1.807, 2.05) is 11.3 Å². The highest BCUT2D eigenvalue weighted by Gasteiger charge is 2.45. The lowest BCUT2D eigenvalue weighted by molar-refractivity contribution is 0.0623. The lowest BCUT2D eigenvalue weighted by atomic mass is 9.90. The van der Waals surface area contributed by atoms with E-state index in [1.54, 1.807) is 27.6 Å². The lowest BCUT2D eigenvalue weighted by Crippen LogP contribution is -2.35. The first kappa shape index (κ1) is 44.7. The van der Waals surface area contributed by atoms with Gasteiger partial charge in [0.05, 0.1) is 38.6 Å². The number of rotatable bonds is 21. The third kappa shape index (κ3) is 9.54. The van der Waals surface area contributed by atoms with Crippen molar-refractivity contribution in [3.63, 3.8) is 0 Å². The Bertz CT molecular complexity index is 1880. The Balaban J connectivity index is 1.73. The molecular formula is C48H71NO4S3. The zero-order valence-corrected chi connectivity index (χ0v) is 39.2. The largest absolute Gasteiger partial charge is 0.491 e. The molecule has 4 heterocycles. The van der Waals surface area contributed by atoms with Crippen LogP contribution in [0.2, 0.25) is 0 Å². The quantitative estimate of drug-likeness (QED) is 0.0786. The normalized spacial score (nSPS) is 15.3. The summed E-state index contributed by atoms with van der Waals surface area (Å²) in [7, 11) is 0. The molecule has 56 heavy (non-hydrogen) atoms. The number of carbonyl (C=O) groups excluding carboxylic acids is 2. The highest BCUT2D eigenvalue weighted by Crippen LogP contribution is 2.55. The van der Waals surface area contributed by atoms with Crippen LogP contribution in [0.5, 0.6) is 11.5 Å². The summed E-state index contributed by atoms with van der Waals surface area (Å²) in [6.07, 6.45) is 13.4. The van der Waals surface area contributed by atoms with Gasteiger partial charge in [-0.2, -0.15) is 0 Å². The molecule has 0 fully saturated rings. The van der Waals surface area contributed by atoms with Crippen LogP contribution < -0.4 is 9.47 Å². The molecule has 0 aliphatic carbocycles. The minimum Gasteiger partial charge on any atom is -0.491 e. The van der Waals surface area contributed by atoms with Crippen LogP contribution in [-0.2, 0) is 10.8 Å². The van der Waals surface area contributed by atoms with Gasteiger partial charge < -0.3 is 9.47 Å². The summed E-state index contributed by atoms with van der Waals surface area (Å²) in [5.41, 5.74) is 0.902. The maximum Gasteiger partial charge on any atom is 0.263 e. The van der Waals surface area contributed by atoms with Crippen molar-refractivity contribution in [3.05, 3.63) is 33.0 Å². The van der Waals surface area contributed by atoms with Crippen LogP contribution in [0, 0.1) is 17.8 Å². The topological polar surface area (TPSA) is 55.8 Å². The number of carbonyl (C=O) groups is 2. The van der Waals surface area contributed by atoms with Gasteiger partial charge in [-0.3, -0.25) is 14.5 Å². The van der Waals surface area contributed by atoms with Gasteiger partial charge in [-0.15, -0.1) is 34.0 Å². The SMILES string of the molecule is CCCCC(CC)COc1c2cc(C(C)(C)C)sc2c(OCC(CC)CCCC)c2cc(-c3sc(C(C)(C)C)c4c3C(=O)N(CC(CC)CCCC)C4=O)sc12. The van der Waals surface area contributed by atoms with Gasteiger partial charge in [-0.1, -0.05) is 141 Å². The van der Waals surface area contributed by atoms with Gasteiger partial charge in [-0.25, -0.2) is 0 Å². The first-order valence-electron chi connectivity index (χ1n) is 22.0. The predicted octanol–water partition coefficient (Wildman–Crippen LogP) is 15.4. The fraction of sp³-hybridized carbons (Fsp3) is 0.667. The molecule has 1 aromatic carbocycles. The maximum absolute atomic E-state index is 14.6. The van der Waals surface area contributed by atoms with Crippen LogP contribution in [-0.4, -0.2) is 36.5 Å². The molecular weight excluding hydrogens is 751 g/mol. The molecule has 0 saturated heterocycles. The van der Waals surface area contributed by atoms with Crippen molar-refractivity contribution in [2.24, 2.45) is 17.8 Å². The molecule has 3 atom stereocenters. The zero-order chi connectivity index (χ0) is 40.9. The number of fused-ring (bicyclic) bond motifs is 3. The van der Waals surface area contributed by atoms with Crippen molar-refractivity contribution in [1.29, 1.82) is 0 Å². The summed E-state index contributed by atoms with van der Waals surface area (Å²) in [5.74, 6) is 2.89. The Morgan fingerprint density at radius 1 is 0.607 bits per heavy atom. The number of thiophene rings is 3. The maximum atomic E-state index is 14.6. The van der Waals surface area contributed by atoms with E-state index in [0.29, 0.717) is 48.6 Å². The van der Waals surface area contributed by atoms with E-state index in [1.165, 1.54) is 30.6 Å². The molecule has 0 spiro atoms. The highest BCUT2D eigenvalue weighted by molar-refractivity contribution is 7.27. The van der Waals surface area contributed by atoms with Gasteiger partial charge in [0.2, 0.25) is 0 Å². The summed E-state index contributed by atoms with van der Waals surface area (Å²) in [5, 5.41) is 2.19. The lowest BCUT2D eigenvalue weighted by Gasteiger charge is -2.23. The van der Waals surface area contributed by atoms with Crippen LogP contribution in [0.1, 0.15) is 191 Å². The molecule has 1 aliphatic heterocycles. The predicted molar refractivity (Wildman–Crippen MR) is 244 cm³/mol. The summed E-state index contributed by atoms with van der Waals surface area (Å²) < 4.78 is 16.3. The average molecular weight is 822 g/mol. The van der Waals surface area contributed by atoms with E-state index in [-0.39, 0.29) is 22.6 Å². The van der Waals surface area contributed by atoms with Crippen LogP contribution in [0.15, 0.2) is 12.1 Å². The third-order valence-electron chi connectivity index (χ3n) is 11.8. The van der Waals surface area contributed by atoms with Gasteiger partial charge >= 0.3 is 0 Å². The molecule has 0 saturated carbocycles. The molecule has 8 heteroatoms. The van der Waals surface area contributed by atoms with Crippen molar-refractivity contribution in [1.82, 2.24) is 4.90 Å². The van der Waals surface area contributed by atoms with E-state index in [2.05, 4.69) is 95.2 Å². The van der Waals surface area contributed by atoms with Crippen molar-refractivity contribution < 1.29 is 19.1 Å². The average Bonchev–Trinajstić information content (AvgIpc) is 3.94. The fourth-order valence-electron chi connectivity index (χ4n) is 7.91. The zero-order valence-electron chi connectivity index (χ0n) is 36.8. The molecule has 1 aliphatic rings. The molecule has 5 nitrogen and oxygen atoms in total. The fourth-order valence-corrected chi connectivity index (χ4v) is 11.8. The van der Waals surface area contributed by atoms with Gasteiger partial charge in [0.15, 0.2) is 0 Å². The second-order valence-electron chi connectivity index (χ2n) is 18.5. The first-order chi connectivity index (χ1) is 26.6. The Morgan fingerprint density at radius 2 is 1.09 bits per heavy atom. The number of nitrogens with zero attached hydrogens (tertiary/aromatic N) is 1. The van der Waals surface area contributed by atoms with E-state index in [0.717, 1.165) is 97.7 Å². The van der Waals surface area contributed by atoms with Crippen molar-refractivity contribution >= 4 is 66.0 Å². The molecule has 310 valence electrons. The molecule has 5 rings (SSSR count). The Hall–Kier alpha value is -2.42. The number of benzene rings is 1. The van der Waals surface area contributed by atoms with Gasteiger partial charge in [0.25, 0.3) is 11.8 Å². The van der Waals surface area contributed by atoms with Crippen molar-refractivity contribution in [2.75, 3.05) is 19.8 Å². The van der Waals surface area contributed by atoms with Gasteiger partial charge in [0, 0.05) is 31.9 Å². The number of imide groups is 1. The van der Waals surface area contributed by atoms with Crippen molar-refractivity contribution in [3.8, 4) is 21.3 Å². The number of hydrogen-bond donors (Lipinski definition) is 0. The molecule has 3 unspecified atom stereocenters. The minimum absolute atomic E-state index is 0.0239. The number of hydrogen-bond acceptors (Lipinski definition) is 7. The van der Waals surface area contributed by atoms with Crippen LogP contribution in [0.3, 0.4) is 0 Å². The van der Waals surface area contributed by atoms with Crippen LogP contribution >= 0.6 is 34.0 Å². The van der Waals surface area contributed by atoms with Gasteiger partial charge in [-0.05, 0) is 60.0 Å². The molecule has 0 bridgehead atoms. The number of ether oxygens (including phenoxy) is 2. The summed E-state index contributed by atoms with van der Waals surface area (Å²) in [6.45, 7) is 28.6. The molecule has 4 aromatic rings. The van der Waals surface area contributed by atoms with Gasteiger partial charge in [0.1, 0.15) is 11.5 Å². The highest BCUT2D eigenvalue weighted by atomic mass is 32.1. The second-order valence-corrected chi connectivity index (χ2v) is 21.6. The summed E-state index contributed by atoms with van der Waals surface area (Å²) in [4.78, 5) is 34.7. The van der Waals surface area contributed by atoms with E-state index in [9.17, 15) is 9.59 Å². The number of amides is 2. The summed E-state index contributed by atoms with van der Waals surface area (Å²) >= 11 is 5.17. The Morgan fingerprint density at radius 3 is 1.57 bits per heavy atom. The van der Waals surface area contributed by atoms with E-state index in [4.69, 9.17) is 9.47 Å².